The molecular weight excluding hydrogens is 226 g/mol. The molecule has 1 saturated carbocycles. The average molecular weight is 255 g/mol. The van der Waals surface area contributed by atoms with E-state index in [-0.39, 0.29) is 5.91 Å². The summed E-state index contributed by atoms with van der Waals surface area (Å²) in [6.45, 7) is 8.82. The molecule has 1 amide bonds. The molecule has 0 radical (unpaired) electrons. The van der Waals surface area contributed by atoms with Crippen LogP contribution in [0.3, 0.4) is 0 Å². The van der Waals surface area contributed by atoms with Crippen LogP contribution in [0.4, 0.5) is 0 Å². The SMILES string of the molecule is CCN(CC(C)C)C1CCCC(NC)(C(N)=O)C1. The predicted octanol–water partition coefficient (Wildman–Crippen LogP) is 1.35. The third-order valence-electron chi connectivity index (χ3n) is 4.20. The van der Waals surface area contributed by atoms with Crippen LogP contribution in [0.2, 0.25) is 0 Å². The second-order valence-corrected chi connectivity index (χ2v) is 5.93. The fourth-order valence-electron chi connectivity index (χ4n) is 3.14. The molecule has 1 aliphatic carbocycles. The summed E-state index contributed by atoms with van der Waals surface area (Å²) in [7, 11) is 1.85. The molecule has 0 heterocycles. The summed E-state index contributed by atoms with van der Waals surface area (Å²) in [6.07, 6.45) is 3.97. The lowest BCUT2D eigenvalue weighted by Gasteiger charge is -2.43. The number of carbonyl (C=O) groups excluding carboxylic acids is 1. The summed E-state index contributed by atoms with van der Waals surface area (Å²) in [5.74, 6) is 0.458. The Bertz CT molecular complexity index is 280. The predicted molar refractivity (Wildman–Crippen MR) is 75.3 cm³/mol. The molecule has 1 rings (SSSR count). The van der Waals surface area contributed by atoms with Crippen LogP contribution in [0, 0.1) is 5.92 Å². The molecule has 106 valence electrons. The number of hydrogen-bond donors (Lipinski definition) is 2. The Hall–Kier alpha value is -0.610. The van der Waals surface area contributed by atoms with Crippen molar-refractivity contribution in [3.05, 3.63) is 0 Å². The minimum absolute atomic E-state index is 0.199. The number of nitrogens with two attached hydrogens (primary N) is 1. The van der Waals surface area contributed by atoms with Crippen molar-refractivity contribution >= 4 is 5.91 Å². The van der Waals surface area contributed by atoms with Gasteiger partial charge in [-0.05, 0) is 45.2 Å². The molecule has 0 aliphatic heterocycles. The smallest absolute Gasteiger partial charge is 0.237 e. The molecule has 2 atom stereocenters. The van der Waals surface area contributed by atoms with Gasteiger partial charge in [0, 0.05) is 12.6 Å². The van der Waals surface area contributed by atoms with Crippen molar-refractivity contribution in [1.29, 1.82) is 0 Å². The first-order valence-electron chi connectivity index (χ1n) is 7.18. The van der Waals surface area contributed by atoms with E-state index in [4.69, 9.17) is 5.73 Å². The van der Waals surface area contributed by atoms with Crippen molar-refractivity contribution in [3.8, 4) is 0 Å². The van der Waals surface area contributed by atoms with Crippen LogP contribution in [0.1, 0.15) is 46.5 Å². The monoisotopic (exact) mass is 255 g/mol. The number of nitrogens with zero attached hydrogens (tertiary/aromatic N) is 1. The number of carbonyl (C=O) groups is 1. The number of hydrogen-bond acceptors (Lipinski definition) is 3. The third-order valence-corrected chi connectivity index (χ3v) is 4.20. The van der Waals surface area contributed by atoms with Crippen LogP contribution in [0.5, 0.6) is 0 Å². The van der Waals surface area contributed by atoms with Crippen LogP contribution in [-0.2, 0) is 4.79 Å². The molecule has 3 N–H and O–H groups in total. The number of rotatable bonds is 6. The third kappa shape index (κ3) is 3.45. The van der Waals surface area contributed by atoms with Gasteiger partial charge < -0.3 is 16.0 Å². The fraction of sp³-hybridized carbons (Fsp3) is 0.929. The maximum Gasteiger partial charge on any atom is 0.237 e. The quantitative estimate of drug-likeness (QED) is 0.753. The first-order chi connectivity index (χ1) is 8.45. The fourth-order valence-corrected chi connectivity index (χ4v) is 3.14. The Morgan fingerprint density at radius 3 is 2.67 bits per heavy atom. The molecule has 1 fully saturated rings. The largest absolute Gasteiger partial charge is 0.368 e. The van der Waals surface area contributed by atoms with Crippen molar-refractivity contribution in [2.75, 3.05) is 20.1 Å². The molecular formula is C14H29N3O. The highest BCUT2D eigenvalue weighted by Crippen LogP contribution is 2.31. The van der Waals surface area contributed by atoms with E-state index >= 15 is 0 Å². The second-order valence-electron chi connectivity index (χ2n) is 5.93. The van der Waals surface area contributed by atoms with Gasteiger partial charge in [-0.3, -0.25) is 4.79 Å². The van der Waals surface area contributed by atoms with Crippen molar-refractivity contribution < 1.29 is 4.79 Å². The maximum absolute atomic E-state index is 11.7. The lowest BCUT2D eigenvalue weighted by Crippen LogP contribution is -2.59. The van der Waals surface area contributed by atoms with E-state index in [9.17, 15) is 4.79 Å². The number of likely N-dealkylation sites (N-methyl/N-ethyl adjacent to an activating group) is 1. The lowest BCUT2D eigenvalue weighted by atomic mass is 9.77. The molecule has 18 heavy (non-hydrogen) atoms. The van der Waals surface area contributed by atoms with Gasteiger partial charge in [0.25, 0.3) is 0 Å². The Labute approximate surface area is 111 Å². The first kappa shape index (κ1) is 15.4. The van der Waals surface area contributed by atoms with E-state index in [0.29, 0.717) is 12.0 Å². The average Bonchev–Trinajstić information content (AvgIpc) is 2.35. The molecule has 4 heteroatoms. The summed E-state index contributed by atoms with van der Waals surface area (Å²) in [6, 6.07) is 0.478. The molecule has 0 saturated heterocycles. The Morgan fingerprint density at radius 2 is 2.22 bits per heavy atom. The Kier molecular flexibility index (Phi) is 5.60. The van der Waals surface area contributed by atoms with E-state index in [0.717, 1.165) is 32.4 Å². The van der Waals surface area contributed by atoms with Gasteiger partial charge >= 0.3 is 0 Å². The summed E-state index contributed by atoms with van der Waals surface area (Å²) in [5.41, 5.74) is 5.11. The zero-order valence-electron chi connectivity index (χ0n) is 12.3. The second kappa shape index (κ2) is 6.53. The molecule has 4 nitrogen and oxygen atoms in total. The van der Waals surface area contributed by atoms with Gasteiger partial charge in [-0.1, -0.05) is 20.8 Å². The topological polar surface area (TPSA) is 58.4 Å². The molecule has 0 bridgehead atoms. The molecule has 0 aromatic rings. The first-order valence-corrected chi connectivity index (χ1v) is 7.18. The maximum atomic E-state index is 11.7. The minimum Gasteiger partial charge on any atom is -0.368 e. The van der Waals surface area contributed by atoms with Gasteiger partial charge in [0.15, 0.2) is 0 Å². The highest BCUT2D eigenvalue weighted by atomic mass is 16.1. The molecule has 2 unspecified atom stereocenters. The molecule has 0 aromatic heterocycles. The van der Waals surface area contributed by atoms with E-state index in [1.807, 2.05) is 7.05 Å². The van der Waals surface area contributed by atoms with Gasteiger partial charge in [0.2, 0.25) is 5.91 Å². The van der Waals surface area contributed by atoms with Crippen LogP contribution in [-0.4, -0.2) is 42.5 Å². The number of nitrogens with one attached hydrogen (secondary N) is 1. The van der Waals surface area contributed by atoms with Crippen molar-refractivity contribution in [2.45, 2.75) is 58.0 Å². The van der Waals surface area contributed by atoms with Crippen LogP contribution >= 0.6 is 0 Å². The minimum atomic E-state index is -0.493. The van der Waals surface area contributed by atoms with Crippen molar-refractivity contribution in [3.63, 3.8) is 0 Å². The molecule has 0 spiro atoms. The van der Waals surface area contributed by atoms with E-state index in [2.05, 4.69) is 31.0 Å². The lowest BCUT2D eigenvalue weighted by molar-refractivity contribution is -0.126. The van der Waals surface area contributed by atoms with Crippen molar-refractivity contribution in [1.82, 2.24) is 10.2 Å². The van der Waals surface area contributed by atoms with Crippen molar-refractivity contribution in [2.24, 2.45) is 11.7 Å². The van der Waals surface area contributed by atoms with E-state index in [1.165, 1.54) is 6.42 Å². The molecule has 0 aromatic carbocycles. The zero-order valence-corrected chi connectivity index (χ0v) is 12.3. The number of primary amides is 1. The van der Waals surface area contributed by atoms with Gasteiger partial charge in [0.1, 0.15) is 0 Å². The van der Waals surface area contributed by atoms with Gasteiger partial charge in [-0.25, -0.2) is 0 Å². The standard InChI is InChI=1S/C14H29N3O/c1-5-17(10-11(2)3)12-7-6-8-14(9-12,16-4)13(15)18/h11-12,16H,5-10H2,1-4H3,(H2,15,18). The summed E-state index contributed by atoms with van der Waals surface area (Å²) in [4.78, 5) is 14.2. The van der Waals surface area contributed by atoms with Gasteiger partial charge in [0.05, 0.1) is 5.54 Å². The van der Waals surface area contributed by atoms with Gasteiger partial charge in [-0.15, -0.1) is 0 Å². The highest BCUT2D eigenvalue weighted by Gasteiger charge is 2.41. The zero-order chi connectivity index (χ0) is 13.8. The van der Waals surface area contributed by atoms with E-state index < -0.39 is 5.54 Å². The van der Waals surface area contributed by atoms with Gasteiger partial charge in [-0.2, -0.15) is 0 Å². The highest BCUT2D eigenvalue weighted by molar-refractivity contribution is 5.84. The summed E-state index contributed by atoms with van der Waals surface area (Å²) in [5, 5.41) is 3.18. The number of amides is 1. The summed E-state index contributed by atoms with van der Waals surface area (Å²) < 4.78 is 0. The Morgan fingerprint density at radius 1 is 1.56 bits per heavy atom. The van der Waals surface area contributed by atoms with E-state index in [1.54, 1.807) is 0 Å². The van der Waals surface area contributed by atoms with Crippen LogP contribution < -0.4 is 11.1 Å². The summed E-state index contributed by atoms with van der Waals surface area (Å²) >= 11 is 0. The Balaban J connectivity index is 2.75. The van der Waals surface area contributed by atoms with Crippen LogP contribution in [0.25, 0.3) is 0 Å². The van der Waals surface area contributed by atoms with Crippen LogP contribution in [0.15, 0.2) is 0 Å². The normalized spacial score (nSPS) is 28.9. The molecule has 1 aliphatic rings.